The highest BCUT2D eigenvalue weighted by Gasteiger charge is 2.36. The molecule has 1 aliphatic rings. The first kappa shape index (κ1) is 15.1. The van der Waals surface area contributed by atoms with Crippen LogP contribution in [0.2, 0.25) is 0 Å². The Balaban J connectivity index is 1.76. The minimum Gasteiger partial charge on any atom is -0.354 e. The summed E-state index contributed by atoms with van der Waals surface area (Å²) >= 11 is 1.66. The fourth-order valence-corrected chi connectivity index (χ4v) is 3.00. The number of anilines is 1. The maximum atomic E-state index is 4.55. The van der Waals surface area contributed by atoms with Gasteiger partial charge in [-0.3, -0.25) is 4.99 Å². The highest BCUT2D eigenvalue weighted by atomic mass is 32.1. The molecule has 0 spiro atoms. The van der Waals surface area contributed by atoms with Gasteiger partial charge in [-0.15, -0.1) is 11.3 Å². The Labute approximate surface area is 125 Å². The molecule has 1 heterocycles. The third-order valence-electron chi connectivity index (χ3n) is 3.49. The van der Waals surface area contributed by atoms with Gasteiger partial charge >= 0.3 is 0 Å². The predicted octanol–water partition coefficient (Wildman–Crippen LogP) is 2.06. The molecule has 0 saturated heterocycles. The lowest BCUT2D eigenvalue weighted by atomic mass is 10.2. The van der Waals surface area contributed by atoms with E-state index in [-0.39, 0.29) is 0 Å². The van der Waals surface area contributed by atoms with E-state index in [1.54, 1.807) is 11.3 Å². The van der Waals surface area contributed by atoms with Crippen molar-refractivity contribution >= 4 is 22.4 Å². The lowest BCUT2D eigenvalue weighted by Gasteiger charge is -2.11. The molecule has 0 aliphatic heterocycles. The predicted molar refractivity (Wildman–Crippen MR) is 86.6 cm³/mol. The Hall–Kier alpha value is -1.30. The van der Waals surface area contributed by atoms with E-state index in [9.17, 15) is 0 Å². The molecular formula is C14H25N5S. The van der Waals surface area contributed by atoms with Gasteiger partial charge in [0.05, 0.1) is 12.2 Å². The van der Waals surface area contributed by atoms with Gasteiger partial charge in [-0.1, -0.05) is 13.3 Å². The van der Waals surface area contributed by atoms with Crippen LogP contribution in [-0.4, -0.2) is 38.1 Å². The molecule has 112 valence electrons. The number of hydrogen-bond donors (Lipinski definition) is 2. The van der Waals surface area contributed by atoms with E-state index in [0.29, 0.717) is 6.04 Å². The molecule has 1 aliphatic carbocycles. The molecule has 0 aromatic carbocycles. The van der Waals surface area contributed by atoms with Crippen molar-refractivity contribution in [3.63, 3.8) is 0 Å². The molecule has 0 bridgehead atoms. The molecule has 2 atom stereocenters. The number of guanidine groups is 1. The molecule has 2 N–H and O–H groups in total. The van der Waals surface area contributed by atoms with Gasteiger partial charge in [0.15, 0.2) is 11.1 Å². The van der Waals surface area contributed by atoms with E-state index in [4.69, 9.17) is 0 Å². The summed E-state index contributed by atoms with van der Waals surface area (Å²) in [7, 11) is 5.84. The Morgan fingerprint density at radius 3 is 2.95 bits per heavy atom. The SMILES string of the molecule is CCCC1CC1NC(=NC)NCc1csc(N(C)C)n1. The topological polar surface area (TPSA) is 52.6 Å². The third-order valence-corrected chi connectivity index (χ3v) is 4.54. The van der Waals surface area contributed by atoms with Crippen molar-refractivity contribution in [2.45, 2.75) is 38.8 Å². The van der Waals surface area contributed by atoms with Crippen molar-refractivity contribution in [2.75, 3.05) is 26.0 Å². The van der Waals surface area contributed by atoms with Gasteiger partial charge in [-0.05, 0) is 18.8 Å². The molecule has 1 fully saturated rings. The second kappa shape index (κ2) is 6.92. The van der Waals surface area contributed by atoms with Crippen LogP contribution < -0.4 is 15.5 Å². The van der Waals surface area contributed by atoms with Crippen molar-refractivity contribution in [3.8, 4) is 0 Å². The lowest BCUT2D eigenvalue weighted by Crippen LogP contribution is -2.38. The molecule has 0 amide bonds. The molecule has 5 nitrogen and oxygen atoms in total. The first-order chi connectivity index (χ1) is 9.63. The average Bonchev–Trinajstić information content (AvgIpc) is 2.97. The molecule has 2 unspecified atom stereocenters. The van der Waals surface area contributed by atoms with Crippen molar-refractivity contribution in [3.05, 3.63) is 11.1 Å². The molecule has 1 aromatic heterocycles. The standard InChI is InChI=1S/C14H25N5S/c1-5-6-10-7-12(10)18-13(15-2)16-8-11-9-20-14(17-11)19(3)4/h9-10,12H,5-8H2,1-4H3,(H2,15,16,18). The fourth-order valence-electron chi connectivity index (χ4n) is 2.24. The smallest absolute Gasteiger partial charge is 0.191 e. The maximum absolute atomic E-state index is 4.55. The zero-order valence-electron chi connectivity index (χ0n) is 12.8. The van der Waals surface area contributed by atoms with E-state index in [1.807, 2.05) is 26.0 Å². The number of nitrogens with one attached hydrogen (secondary N) is 2. The minimum atomic E-state index is 0.605. The normalized spacial score (nSPS) is 21.7. The number of thiazole rings is 1. The van der Waals surface area contributed by atoms with Crippen LogP contribution in [0.15, 0.2) is 10.4 Å². The van der Waals surface area contributed by atoms with Crippen molar-refractivity contribution in [2.24, 2.45) is 10.9 Å². The van der Waals surface area contributed by atoms with Gasteiger partial charge in [-0.2, -0.15) is 0 Å². The highest BCUT2D eigenvalue weighted by Crippen LogP contribution is 2.34. The van der Waals surface area contributed by atoms with Gasteiger partial charge in [0.25, 0.3) is 0 Å². The molecule has 20 heavy (non-hydrogen) atoms. The van der Waals surface area contributed by atoms with Crippen molar-refractivity contribution in [1.29, 1.82) is 0 Å². The highest BCUT2D eigenvalue weighted by molar-refractivity contribution is 7.13. The van der Waals surface area contributed by atoms with Crippen LogP contribution in [0.1, 0.15) is 31.9 Å². The average molecular weight is 295 g/mol. The van der Waals surface area contributed by atoms with Gasteiger partial charge in [-0.25, -0.2) is 4.98 Å². The summed E-state index contributed by atoms with van der Waals surface area (Å²) in [5.74, 6) is 1.71. The zero-order chi connectivity index (χ0) is 14.5. The monoisotopic (exact) mass is 295 g/mol. The van der Waals surface area contributed by atoms with E-state index >= 15 is 0 Å². The van der Waals surface area contributed by atoms with Gasteiger partial charge in [0.1, 0.15) is 0 Å². The van der Waals surface area contributed by atoms with Gasteiger partial charge in [0.2, 0.25) is 0 Å². The summed E-state index contributed by atoms with van der Waals surface area (Å²) in [4.78, 5) is 10.9. The van der Waals surface area contributed by atoms with Gasteiger partial charge < -0.3 is 15.5 Å². The Morgan fingerprint density at radius 2 is 2.35 bits per heavy atom. The minimum absolute atomic E-state index is 0.605. The number of aromatic nitrogens is 1. The quantitative estimate of drug-likeness (QED) is 0.623. The van der Waals surface area contributed by atoms with Crippen molar-refractivity contribution in [1.82, 2.24) is 15.6 Å². The van der Waals surface area contributed by atoms with Gasteiger partial charge in [0, 0.05) is 32.6 Å². The summed E-state index contributed by atoms with van der Waals surface area (Å²) in [6.45, 7) is 2.96. The van der Waals surface area contributed by atoms with E-state index in [0.717, 1.165) is 29.2 Å². The molecule has 1 saturated carbocycles. The molecule has 6 heteroatoms. The van der Waals surface area contributed by atoms with Crippen LogP contribution in [0, 0.1) is 5.92 Å². The fraction of sp³-hybridized carbons (Fsp3) is 0.714. The van der Waals surface area contributed by atoms with E-state index in [1.165, 1.54) is 19.3 Å². The molecular weight excluding hydrogens is 270 g/mol. The number of aliphatic imine (C=N–C) groups is 1. The van der Waals surface area contributed by atoms with Crippen LogP contribution >= 0.6 is 11.3 Å². The maximum Gasteiger partial charge on any atom is 0.191 e. The van der Waals surface area contributed by atoms with E-state index < -0.39 is 0 Å². The second-order valence-corrected chi connectivity index (χ2v) is 6.31. The largest absolute Gasteiger partial charge is 0.354 e. The Morgan fingerprint density at radius 1 is 1.55 bits per heavy atom. The summed E-state index contributed by atoms with van der Waals surface area (Å²) in [5.41, 5.74) is 1.06. The molecule has 2 rings (SSSR count). The van der Waals surface area contributed by atoms with Crippen LogP contribution in [0.5, 0.6) is 0 Å². The lowest BCUT2D eigenvalue weighted by molar-refractivity contribution is 0.655. The summed E-state index contributed by atoms with van der Waals surface area (Å²) in [6, 6.07) is 0.605. The van der Waals surface area contributed by atoms with Crippen molar-refractivity contribution < 1.29 is 0 Å². The van der Waals surface area contributed by atoms with Crippen LogP contribution in [-0.2, 0) is 6.54 Å². The van der Waals surface area contributed by atoms with Crippen LogP contribution in [0.3, 0.4) is 0 Å². The van der Waals surface area contributed by atoms with Crippen LogP contribution in [0.25, 0.3) is 0 Å². The van der Waals surface area contributed by atoms with Crippen LogP contribution in [0.4, 0.5) is 5.13 Å². The number of hydrogen-bond acceptors (Lipinski definition) is 4. The summed E-state index contributed by atoms with van der Waals surface area (Å²) in [5, 5.41) is 9.94. The second-order valence-electron chi connectivity index (χ2n) is 5.48. The third kappa shape index (κ3) is 4.10. The summed E-state index contributed by atoms with van der Waals surface area (Å²) in [6.07, 6.45) is 3.85. The summed E-state index contributed by atoms with van der Waals surface area (Å²) < 4.78 is 0. The van der Waals surface area contributed by atoms with E-state index in [2.05, 4.69) is 32.9 Å². The first-order valence-electron chi connectivity index (χ1n) is 7.23. The number of nitrogens with zero attached hydrogens (tertiary/aromatic N) is 3. The number of rotatable bonds is 6. The zero-order valence-corrected chi connectivity index (χ0v) is 13.6. The molecule has 0 radical (unpaired) electrons. The molecule has 1 aromatic rings. The Kier molecular flexibility index (Phi) is 5.23. The first-order valence-corrected chi connectivity index (χ1v) is 8.11. The Bertz CT molecular complexity index is 454.